The molecule has 0 aliphatic rings. The minimum Gasteiger partial charge on any atom is -0.450 e. The van der Waals surface area contributed by atoms with E-state index in [0.29, 0.717) is 6.42 Å². The molecule has 8 heteroatoms. The summed E-state index contributed by atoms with van der Waals surface area (Å²) in [6.07, 6.45) is 2.15. The molecule has 2 heterocycles. The number of aliphatic hydroxyl groups excluding tert-OH is 1. The molecule has 0 fully saturated rings. The van der Waals surface area contributed by atoms with Crippen LogP contribution in [0.5, 0.6) is 0 Å². The maximum absolute atomic E-state index is 12.1. The summed E-state index contributed by atoms with van der Waals surface area (Å²) in [5.74, 6) is 0.182. The molecule has 6 nitrogen and oxygen atoms in total. The Labute approximate surface area is 125 Å². The van der Waals surface area contributed by atoms with Gasteiger partial charge in [0.1, 0.15) is 17.3 Å². The number of furan rings is 1. The van der Waals surface area contributed by atoms with Crippen LogP contribution in [0.3, 0.4) is 0 Å². The lowest BCUT2D eigenvalue weighted by atomic mass is 10.3. The van der Waals surface area contributed by atoms with Gasteiger partial charge in [0, 0.05) is 30.9 Å². The van der Waals surface area contributed by atoms with E-state index in [1.807, 2.05) is 12.1 Å². The maximum atomic E-state index is 12.1. The van der Waals surface area contributed by atoms with Crippen LogP contribution in [-0.2, 0) is 23.1 Å². The first-order valence-electron chi connectivity index (χ1n) is 5.81. The summed E-state index contributed by atoms with van der Waals surface area (Å²) in [7, 11) is -3.68. The van der Waals surface area contributed by atoms with Gasteiger partial charge < -0.3 is 9.52 Å². The number of hydrogen-bond donors (Lipinski definition) is 2. The number of halogens is 1. The molecule has 0 amide bonds. The molecule has 0 spiro atoms. The molecular weight excluding hydrogens is 348 g/mol. The Balaban J connectivity index is 2.02. The second kappa shape index (κ2) is 6.49. The van der Waals surface area contributed by atoms with Crippen LogP contribution in [-0.4, -0.2) is 25.1 Å². The molecule has 0 bridgehead atoms. The molecule has 0 aliphatic carbocycles. The predicted octanol–water partition coefficient (Wildman–Crippen LogP) is 1.45. The molecule has 0 unspecified atom stereocenters. The smallest absolute Gasteiger partial charge is 0.244 e. The van der Waals surface area contributed by atoms with Crippen molar-refractivity contribution >= 4 is 26.0 Å². The van der Waals surface area contributed by atoms with E-state index >= 15 is 0 Å². The fourth-order valence-electron chi connectivity index (χ4n) is 1.60. The van der Waals surface area contributed by atoms with Crippen LogP contribution in [0, 0.1) is 0 Å². The molecule has 108 valence electrons. The van der Waals surface area contributed by atoms with Gasteiger partial charge in [0.2, 0.25) is 10.0 Å². The molecule has 0 saturated carbocycles. The van der Waals surface area contributed by atoms with E-state index in [1.165, 1.54) is 6.07 Å². The van der Waals surface area contributed by atoms with Crippen LogP contribution < -0.4 is 4.72 Å². The van der Waals surface area contributed by atoms with E-state index in [2.05, 4.69) is 25.6 Å². The van der Waals surface area contributed by atoms with Crippen LogP contribution >= 0.6 is 15.9 Å². The van der Waals surface area contributed by atoms with E-state index in [0.717, 1.165) is 5.69 Å². The van der Waals surface area contributed by atoms with Gasteiger partial charge in [-0.05, 0) is 28.1 Å². The van der Waals surface area contributed by atoms with Gasteiger partial charge in [0.05, 0.1) is 0 Å². The van der Waals surface area contributed by atoms with Crippen molar-refractivity contribution < 1.29 is 17.9 Å². The molecule has 2 aromatic rings. The fraction of sp³-hybridized carbons (Fsp3) is 0.250. The Hall–Kier alpha value is -1.22. The fourth-order valence-corrected chi connectivity index (χ4v) is 3.62. The van der Waals surface area contributed by atoms with E-state index in [1.54, 1.807) is 12.3 Å². The molecule has 20 heavy (non-hydrogen) atoms. The van der Waals surface area contributed by atoms with Crippen molar-refractivity contribution in [1.29, 1.82) is 0 Å². The Morgan fingerprint density at radius 3 is 2.80 bits per heavy atom. The summed E-state index contributed by atoms with van der Waals surface area (Å²) in [5.41, 5.74) is 0.803. The second-order valence-electron chi connectivity index (χ2n) is 3.98. The molecule has 2 rings (SSSR count). The monoisotopic (exact) mass is 360 g/mol. The lowest BCUT2D eigenvalue weighted by Gasteiger charge is -2.04. The van der Waals surface area contributed by atoms with Gasteiger partial charge in [-0.1, -0.05) is 6.07 Å². The van der Waals surface area contributed by atoms with Gasteiger partial charge in [-0.3, -0.25) is 4.98 Å². The van der Waals surface area contributed by atoms with Crippen molar-refractivity contribution in [3.8, 4) is 0 Å². The van der Waals surface area contributed by atoms with Crippen LogP contribution in [0.4, 0.5) is 0 Å². The van der Waals surface area contributed by atoms with Gasteiger partial charge in [-0.25, -0.2) is 13.1 Å². The van der Waals surface area contributed by atoms with E-state index in [-0.39, 0.29) is 28.5 Å². The molecular formula is C12H13BrN2O4S. The molecule has 2 N–H and O–H groups in total. The van der Waals surface area contributed by atoms with Crippen molar-refractivity contribution in [3.05, 3.63) is 46.6 Å². The normalized spacial score (nSPS) is 11.7. The summed E-state index contributed by atoms with van der Waals surface area (Å²) < 4.78 is 31.7. The zero-order valence-corrected chi connectivity index (χ0v) is 12.8. The van der Waals surface area contributed by atoms with Gasteiger partial charge in [0.15, 0.2) is 4.67 Å². The Morgan fingerprint density at radius 1 is 1.40 bits per heavy atom. The Kier molecular flexibility index (Phi) is 4.92. The number of rotatable bonds is 6. The number of aromatic nitrogens is 1. The zero-order valence-electron chi connectivity index (χ0n) is 10.4. The van der Waals surface area contributed by atoms with Gasteiger partial charge in [0.25, 0.3) is 0 Å². The average Bonchev–Trinajstić information content (AvgIpc) is 2.82. The summed E-state index contributed by atoms with van der Waals surface area (Å²) in [4.78, 5) is 4.08. The Morgan fingerprint density at radius 2 is 2.20 bits per heavy atom. The van der Waals surface area contributed by atoms with E-state index < -0.39 is 10.0 Å². The standard InChI is InChI=1S/C12H13BrN2O4S/c13-12-11(7-10(8-16)19-12)20(17,18)15-6-4-9-3-1-2-5-14-9/h1-3,5,7,15-16H,4,6,8H2. The highest BCUT2D eigenvalue weighted by Crippen LogP contribution is 2.25. The third-order valence-electron chi connectivity index (χ3n) is 2.55. The second-order valence-corrected chi connectivity index (χ2v) is 6.43. The third kappa shape index (κ3) is 3.66. The first-order chi connectivity index (χ1) is 9.53. The van der Waals surface area contributed by atoms with E-state index in [9.17, 15) is 8.42 Å². The van der Waals surface area contributed by atoms with Crippen LogP contribution in [0.15, 0.2) is 44.4 Å². The first kappa shape index (κ1) is 15.2. The van der Waals surface area contributed by atoms with Crippen LogP contribution in [0.1, 0.15) is 11.5 Å². The quantitative estimate of drug-likeness (QED) is 0.813. The lowest BCUT2D eigenvalue weighted by molar-refractivity contribution is 0.245. The Bertz CT molecular complexity index is 670. The summed E-state index contributed by atoms with van der Waals surface area (Å²) >= 11 is 3.02. The summed E-state index contributed by atoms with van der Waals surface area (Å²) in [6, 6.07) is 6.75. The SMILES string of the molecule is O=S(=O)(NCCc1ccccn1)c1cc(CO)oc1Br. The lowest BCUT2D eigenvalue weighted by Crippen LogP contribution is -2.26. The zero-order chi connectivity index (χ0) is 14.6. The van der Waals surface area contributed by atoms with E-state index in [4.69, 9.17) is 9.52 Å². The van der Waals surface area contributed by atoms with Gasteiger partial charge >= 0.3 is 0 Å². The highest BCUT2D eigenvalue weighted by Gasteiger charge is 2.21. The minimum atomic E-state index is -3.68. The van der Waals surface area contributed by atoms with Gasteiger partial charge in [-0.2, -0.15) is 0 Å². The number of hydrogen-bond acceptors (Lipinski definition) is 5. The third-order valence-corrected chi connectivity index (χ3v) is 4.87. The highest BCUT2D eigenvalue weighted by atomic mass is 79.9. The summed E-state index contributed by atoms with van der Waals surface area (Å²) in [6.45, 7) is -0.131. The van der Waals surface area contributed by atoms with Crippen LogP contribution in [0.25, 0.3) is 0 Å². The number of nitrogens with zero attached hydrogens (tertiary/aromatic N) is 1. The van der Waals surface area contributed by atoms with Crippen molar-refractivity contribution in [2.75, 3.05) is 6.54 Å². The molecule has 0 aromatic carbocycles. The first-order valence-corrected chi connectivity index (χ1v) is 8.09. The number of sulfonamides is 1. The van der Waals surface area contributed by atoms with Gasteiger partial charge in [-0.15, -0.1) is 0 Å². The van der Waals surface area contributed by atoms with Crippen LogP contribution in [0.2, 0.25) is 0 Å². The minimum absolute atomic E-state index is 0.0254. The summed E-state index contributed by atoms with van der Waals surface area (Å²) in [5, 5.41) is 8.93. The highest BCUT2D eigenvalue weighted by molar-refractivity contribution is 9.10. The molecule has 2 aromatic heterocycles. The maximum Gasteiger partial charge on any atom is 0.244 e. The predicted molar refractivity (Wildman–Crippen MR) is 75.5 cm³/mol. The van der Waals surface area contributed by atoms with Crippen molar-refractivity contribution in [2.24, 2.45) is 0 Å². The largest absolute Gasteiger partial charge is 0.450 e. The topological polar surface area (TPSA) is 92.4 Å². The molecule has 0 aliphatic heterocycles. The number of pyridine rings is 1. The molecule has 0 atom stereocenters. The average molecular weight is 361 g/mol. The van der Waals surface area contributed by atoms with Crippen molar-refractivity contribution in [3.63, 3.8) is 0 Å². The van der Waals surface area contributed by atoms with Crippen molar-refractivity contribution in [2.45, 2.75) is 17.9 Å². The molecule has 0 saturated heterocycles. The molecule has 0 radical (unpaired) electrons. The number of aliphatic hydroxyl groups is 1. The van der Waals surface area contributed by atoms with Crippen molar-refractivity contribution in [1.82, 2.24) is 9.71 Å². The number of nitrogens with one attached hydrogen (secondary N) is 1.